The van der Waals surface area contributed by atoms with Gasteiger partial charge in [-0.2, -0.15) is 0 Å². The molecule has 7 nitrogen and oxygen atoms in total. The Bertz CT molecular complexity index is 1190. The van der Waals surface area contributed by atoms with Gasteiger partial charge in [0.2, 0.25) is 0 Å². The Labute approximate surface area is 210 Å². The van der Waals surface area contributed by atoms with Crippen molar-refractivity contribution in [2.45, 2.75) is 50.7 Å². The van der Waals surface area contributed by atoms with Crippen LogP contribution in [0.5, 0.6) is 0 Å². The third-order valence-electron chi connectivity index (χ3n) is 6.24. The van der Waals surface area contributed by atoms with Crippen molar-refractivity contribution in [3.05, 3.63) is 113 Å². The van der Waals surface area contributed by atoms with E-state index in [1.165, 1.54) is 12.1 Å². The van der Waals surface area contributed by atoms with Crippen LogP contribution in [0.15, 0.2) is 84.9 Å². The Hall–Kier alpha value is -3.91. The largest absolute Gasteiger partial charge is 0.481 e. The van der Waals surface area contributed by atoms with E-state index < -0.39 is 18.1 Å². The number of hydrogen-bond acceptors (Lipinski definition) is 5. The van der Waals surface area contributed by atoms with E-state index in [9.17, 15) is 14.3 Å². The van der Waals surface area contributed by atoms with E-state index in [0.717, 1.165) is 24.0 Å². The summed E-state index contributed by atoms with van der Waals surface area (Å²) in [6, 6.07) is 24.9. The predicted molar refractivity (Wildman–Crippen MR) is 135 cm³/mol. The van der Waals surface area contributed by atoms with Gasteiger partial charge in [0.05, 0.1) is 12.5 Å². The fourth-order valence-electron chi connectivity index (χ4n) is 4.48. The maximum atomic E-state index is 13.7. The second kappa shape index (κ2) is 12.2. The minimum atomic E-state index is -0.961. The fourth-order valence-corrected chi connectivity index (χ4v) is 4.48. The van der Waals surface area contributed by atoms with E-state index in [0.29, 0.717) is 17.9 Å². The topological polar surface area (TPSA) is 92.9 Å². The van der Waals surface area contributed by atoms with Crippen LogP contribution >= 0.6 is 0 Å². The van der Waals surface area contributed by atoms with Gasteiger partial charge in [0.1, 0.15) is 5.82 Å². The SMILES string of the molecule is CCCCn1nnnc1C(NC(CC(=O)O)c1ccc(F)cc1)C(c1ccccc1)c1ccccc1. The Morgan fingerprint density at radius 3 is 2.11 bits per heavy atom. The second-order valence-corrected chi connectivity index (χ2v) is 8.76. The highest BCUT2D eigenvalue weighted by Crippen LogP contribution is 2.38. The van der Waals surface area contributed by atoms with Gasteiger partial charge in [0, 0.05) is 18.5 Å². The number of halogens is 1. The Kier molecular flexibility index (Phi) is 8.52. The van der Waals surface area contributed by atoms with Crippen LogP contribution < -0.4 is 5.32 Å². The molecule has 186 valence electrons. The molecule has 0 saturated heterocycles. The van der Waals surface area contributed by atoms with Gasteiger partial charge in [-0.25, -0.2) is 9.07 Å². The van der Waals surface area contributed by atoms with Gasteiger partial charge in [0.25, 0.3) is 0 Å². The first-order valence-corrected chi connectivity index (χ1v) is 12.2. The highest BCUT2D eigenvalue weighted by molar-refractivity contribution is 5.68. The van der Waals surface area contributed by atoms with Crippen molar-refractivity contribution in [1.82, 2.24) is 25.5 Å². The maximum Gasteiger partial charge on any atom is 0.305 e. The number of rotatable bonds is 12. The van der Waals surface area contributed by atoms with E-state index in [2.05, 4.69) is 52.0 Å². The summed E-state index contributed by atoms with van der Waals surface area (Å²) in [6.07, 6.45) is 1.70. The molecule has 0 aliphatic carbocycles. The lowest BCUT2D eigenvalue weighted by Gasteiger charge is -2.32. The molecule has 0 aliphatic heterocycles. The highest BCUT2D eigenvalue weighted by Gasteiger charge is 2.33. The summed E-state index contributed by atoms with van der Waals surface area (Å²) >= 11 is 0. The minimum Gasteiger partial charge on any atom is -0.481 e. The number of carboxylic acid groups (broad SMARTS) is 1. The molecule has 0 bridgehead atoms. The number of unbranched alkanes of at least 4 members (excludes halogenated alkanes) is 1. The first-order valence-electron chi connectivity index (χ1n) is 12.2. The van der Waals surface area contributed by atoms with Gasteiger partial charge in [-0.05, 0) is 45.7 Å². The molecule has 2 N–H and O–H groups in total. The molecular formula is C28H30FN5O2. The number of aliphatic carboxylic acids is 1. The average molecular weight is 488 g/mol. The molecule has 36 heavy (non-hydrogen) atoms. The van der Waals surface area contributed by atoms with Gasteiger partial charge in [-0.1, -0.05) is 86.1 Å². The molecule has 1 aromatic heterocycles. The van der Waals surface area contributed by atoms with Crippen LogP contribution in [0, 0.1) is 5.82 Å². The van der Waals surface area contributed by atoms with Gasteiger partial charge >= 0.3 is 5.97 Å². The normalized spacial score (nSPS) is 13.0. The molecule has 2 unspecified atom stereocenters. The van der Waals surface area contributed by atoms with Crippen molar-refractivity contribution in [2.24, 2.45) is 0 Å². The van der Waals surface area contributed by atoms with Gasteiger partial charge in [0.15, 0.2) is 5.82 Å². The summed E-state index contributed by atoms with van der Waals surface area (Å²) in [5, 5.41) is 25.9. The van der Waals surface area contributed by atoms with Crippen LogP contribution in [0.25, 0.3) is 0 Å². The van der Waals surface area contributed by atoms with Crippen molar-refractivity contribution in [1.29, 1.82) is 0 Å². The molecule has 0 amide bonds. The third-order valence-corrected chi connectivity index (χ3v) is 6.24. The molecule has 3 aromatic carbocycles. The zero-order valence-electron chi connectivity index (χ0n) is 20.2. The van der Waals surface area contributed by atoms with Crippen LogP contribution in [-0.2, 0) is 11.3 Å². The molecule has 2 atom stereocenters. The molecule has 0 aliphatic rings. The molecule has 0 fully saturated rings. The molecule has 0 spiro atoms. The Morgan fingerprint density at radius 1 is 0.944 bits per heavy atom. The standard InChI is InChI=1S/C28H30FN5O2/c1-2-3-18-34-28(31-32-33-34)27(30-24(19-25(35)36)20-14-16-23(29)17-15-20)26(21-10-6-4-7-11-21)22-12-8-5-9-13-22/h4-17,24,26-27,30H,2-3,18-19H2,1H3,(H,35,36). The van der Waals surface area contributed by atoms with Crippen molar-refractivity contribution in [3.8, 4) is 0 Å². The number of carboxylic acids is 1. The number of carbonyl (C=O) groups is 1. The molecule has 4 aromatic rings. The lowest BCUT2D eigenvalue weighted by atomic mass is 9.83. The van der Waals surface area contributed by atoms with Crippen LogP contribution in [-0.4, -0.2) is 31.3 Å². The van der Waals surface area contributed by atoms with Crippen molar-refractivity contribution < 1.29 is 14.3 Å². The van der Waals surface area contributed by atoms with Gasteiger partial charge in [-0.3, -0.25) is 10.1 Å². The first kappa shape index (κ1) is 25.2. The minimum absolute atomic E-state index is 0.186. The predicted octanol–water partition coefficient (Wildman–Crippen LogP) is 5.29. The smallest absolute Gasteiger partial charge is 0.305 e. The summed E-state index contributed by atoms with van der Waals surface area (Å²) in [7, 11) is 0. The zero-order valence-corrected chi connectivity index (χ0v) is 20.2. The number of nitrogens with one attached hydrogen (secondary N) is 1. The lowest BCUT2D eigenvalue weighted by Crippen LogP contribution is -2.35. The van der Waals surface area contributed by atoms with Crippen LogP contribution in [0.2, 0.25) is 0 Å². The molecule has 8 heteroatoms. The van der Waals surface area contributed by atoms with Crippen LogP contribution in [0.1, 0.15) is 66.7 Å². The molecule has 1 heterocycles. The molecule has 4 rings (SSSR count). The number of benzene rings is 3. The lowest BCUT2D eigenvalue weighted by molar-refractivity contribution is -0.137. The first-order chi connectivity index (χ1) is 17.6. The average Bonchev–Trinajstić information content (AvgIpc) is 3.36. The van der Waals surface area contributed by atoms with Crippen LogP contribution in [0.3, 0.4) is 0 Å². The fraction of sp³-hybridized carbons (Fsp3) is 0.286. The number of tetrazole rings is 1. The molecular weight excluding hydrogens is 457 g/mol. The number of aromatic nitrogens is 4. The summed E-state index contributed by atoms with van der Waals surface area (Å²) < 4.78 is 15.5. The summed E-state index contributed by atoms with van der Waals surface area (Å²) in [5.41, 5.74) is 2.76. The Morgan fingerprint density at radius 2 is 1.56 bits per heavy atom. The van der Waals surface area contributed by atoms with E-state index in [1.54, 1.807) is 16.8 Å². The number of aryl methyl sites for hydroxylation is 1. The quantitative estimate of drug-likeness (QED) is 0.282. The molecule has 0 saturated carbocycles. The number of hydrogen-bond donors (Lipinski definition) is 2. The number of nitrogens with zero attached hydrogens (tertiary/aromatic N) is 4. The van der Waals surface area contributed by atoms with Crippen molar-refractivity contribution in [3.63, 3.8) is 0 Å². The summed E-state index contributed by atoms with van der Waals surface area (Å²) in [6.45, 7) is 2.75. The maximum absolute atomic E-state index is 13.7. The second-order valence-electron chi connectivity index (χ2n) is 8.76. The Balaban J connectivity index is 1.85. The molecule has 0 radical (unpaired) electrons. The van der Waals surface area contributed by atoms with E-state index in [1.807, 2.05) is 36.4 Å². The highest BCUT2D eigenvalue weighted by atomic mass is 19.1. The summed E-state index contributed by atoms with van der Waals surface area (Å²) in [4.78, 5) is 11.9. The van der Waals surface area contributed by atoms with Gasteiger partial charge < -0.3 is 5.11 Å². The zero-order chi connectivity index (χ0) is 25.3. The van der Waals surface area contributed by atoms with Crippen LogP contribution in [0.4, 0.5) is 4.39 Å². The monoisotopic (exact) mass is 487 g/mol. The third kappa shape index (κ3) is 6.20. The van der Waals surface area contributed by atoms with Gasteiger partial charge in [-0.15, -0.1) is 5.10 Å². The van der Waals surface area contributed by atoms with E-state index in [4.69, 9.17) is 0 Å². The summed E-state index contributed by atoms with van der Waals surface area (Å²) in [5.74, 6) is -0.925. The van der Waals surface area contributed by atoms with E-state index in [-0.39, 0.29) is 18.2 Å². The van der Waals surface area contributed by atoms with Crippen molar-refractivity contribution in [2.75, 3.05) is 0 Å². The van der Waals surface area contributed by atoms with E-state index >= 15 is 0 Å². The van der Waals surface area contributed by atoms with Crippen molar-refractivity contribution >= 4 is 5.97 Å².